The molecule has 0 unspecified atom stereocenters. The number of sulfonamides is 1. The summed E-state index contributed by atoms with van der Waals surface area (Å²) in [6.07, 6.45) is -5.14. The molecule has 1 aromatic heterocycles. The third-order valence-electron chi connectivity index (χ3n) is 4.66. The summed E-state index contributed by atoms with van der Waals surface area (Å²) < 4.78 is 74.1. The molecule has 0 amide bonds. The number of ether oxygens (including phenoxy) is 2. The molecule has 0 spiro atoms. The van der Waals surface area contributed by atoms with Crippen LogP contribution in [-0.2, 0) is 26.1 Å². The Morgan fingerprint density at radius 3 is 2.34 bits per heavy atom. The van der Waals surface area contributed by atoms with Gasteiger partial charge in [0.15, 0.2) is 0 Å². The molecule has 0 bridgehead atoms. The van der Waals surface area contributed by atoms with Crippen molar-refractivity contribution in [1.82, 2.24) is 0 Å². The summed E-state index contributed by atoms with van der Waals surface area (Å²) in [5, 5.41) is 1.38. The first kappa shape index (κ1) is 23.9. The van der Waals surface area contributed by atoms with Gasteiger partial charge < -0.3 is 9.47 Å². The van der Waals surface area contributed by atoms with Gasteiger partial charge in [0, 0.05) is 4.70 Å². The van der Waals surface area contributed by atoms with Crippen LogP contribution in [-0.4, -0.2) is 33.6 Å². The van der Waals surface area contributed by atoms with Crippen molar-refractivity contribution in [3.8, 4) is 5.75 Å². The monoisotopic (exact) mass is 487 g/mol. The van der Waals surface area contributed by atoms with Gasteiger partial charge >= 0.3 is 12.3 Å². The zero-order valence-electron chi connectivity index (χ0n) is 17.2. The first-order chi connectivity index (χ1) is 15.0. The Hall–Kier alpha value is -2.79. The number of thiophene rings is 1. The Labute approximate surface area is 187 Å². The average molecular weight is 488 g/mol. The van der Waals surface area contributed by atoms with Crippen LogP contribution in [0.15, 0.2) is 48.5 Å². The zero-order valence-corrected chi connectivity index (χ0v) is 18.8. The van der Waals surface area contributed by atoms with E-state index in [-0.39, 0.29) is 13.0 Å². The summed E-state index contributed by atoms with van der Waals surface area (Å²) in [6.45, 7) is 1.68. The molecule has 0 atom stereocenters. The number of halogens is 3. The summed E-state index contributed by atoms with van der Waals surface area (Å²) in [6, 6.07) is 12.4. The number of esters is 1. The quantitative estimate of drug-likeness (QED) is 0.418. The molecule has 0 aliphatic carbocycles. The van der Waals surface area contributed by atoms with E-state index in [1.54, 1.807) is 6.92 Å². The maximum absolute atomic E-state index is 13.2. The molecule has 172 valence electrons. The fraction of sp³-hybridized carbons (Fsp3) is 0.286. The van der Waals surface area contributed by atoms with Gasteiger partial charge in [-0.2, -0.15) is 0 Å². The molecule has 0 saturated heterocycles. The van der Waals surface area contributed by atoms with E-state index in [0.717, 1.165) is 27.8 Å². The number of alkyl halides is 3. The molecule has 6 nitrogen and oxygen atoms in total. The highest BCUT2D eigenvalue weighted by Gasteiger charge is 2.31. The Morgan fingerprint density at radius 1 is 1.09 bits per heavy atom. The molecular formula is C21H20F3NO5S2. The number of hydrogen-bond acceptors (Lipinski definition) is 6. The van der Waals surface area contributed by atoms with E-state index in [9.17, 15) is 26.4 Å². The van der Waals surface area contributed by atoms with Crippen molar-refractivity contribution in [1.29, 1.82) is 0 Å². The van der Waals surface area contributed by atoms with Gasteiger partial charge in [0.2, 0.25) is 10.0 Å². The molecule has 3 aromatic rings. The van der Waals surface area contributed by atoms with E-state index in [4.69, 9.17) is 0 Å². The molecule has 32 heavy (non-hydrogen) atoms. The second-order valence-corrected chi connectivity index (χ2v) is 9.91. The lowest BCUT2D eigenvalue weighted by atomic mass is 10.2. The van der Waals surface area contributed by atoms with Crippen molar-refractivity contribution in [3.63, 3.8) is 0 Å². The van der Waals surface area contributed by atoms with Gasteiger partial charge in [-0.25, -0.2) is 8.42 Å². The standard InChI is InChI=1S/C21H20F3NO5S2/c1-14-17-5-3-4-6-18(17)31-20(14)25(32(27,28)12-11-19(26)29-2)13-15-7-9-16(10-8-15)30-21(22,23)24/h3-10H,11-13H2,1-2H3. The first-order valence-corrected chi connectivity index (χ1v) is 11.8. The zero-order chi connectivity index (χ0) is 23.5. The van der Waals surface area contributed by atoms with Gasteiger partial charge in [-0.05, 0) is 41.6 Å². The van der Waals surface area contributed by atoms with Crippen molar-refractivity contribution in [2.24, 2.45) is 0 Å². The van der Waals surface area contributed by atoms with Crippen LogP contribution in [0.1, 0.15) is 17.5 Å². The summed E-state index contributed by atoms with van der Waals surface area (Å²) in [7, 11) is -2.78. The van der Waals surface area contributed by atoms with E-state index >= 15 is 0 Å². The van der Waals surface area contributed by atoms with Crippen molar-refractivity contribution in [3.05, 3.63) is 59.7 Å². The van der Waals surface area contributed by atoms with Crippen LogP contribution < -0.4 is 9.04 Å². The molecule has 1 heterocycles. The van der Waals surface area contributed by atoms with Crippen LogP contribution in [0.25, 0.3) is 10.1 Å². The van der Waals surface area contributed by atoms with Crippen molar-refractivity contribution in [2.45, 2.75) is 26.3 Å². The number of carbonyl (C=O) groups excluding carboxylic acids is 1. The Morgan fingerprint density at radius 2 is 1.75 bits per heavy atom. The molecule has 0 radical (unpaired) electrons. The Kier molecular flexibility index (Phi) is 6.99. The normalized spacial score (nSPS) is 12.0. The number of fused-ring (bicyclic) bond motifs is 1. The van der Waals surface area contributed by atoms with Crippen LogP contribution in [0, 0.1) is 6.92 Å². The highest BCUT2D eigenvalue weighted by molar-refractivity contribution is 7.93. The third-order valence-corrected chi connectivity index (χ3v) is 7.77. The number of rotatable bonds is 8. The number of benzene rings is 2. The molecular weight excluding hydrogens is 467 g/mol. The smallest absolute Gasteiger partial charge is 0.469 e. The summed E-state index contributed by atoms with van der Waals surface area (Å²) in [5.74, 6) is -1.53. The molecule has 11 heteroatoms. The van der Waals surface area contributed by atoms with E-state index in [1.807, 2.05) is 24.3 Å². The number of carbonyl (C=O) groups is 1. The average Bonchev–Trinajstić information content (AvgIpc) is 3.06. The lowest BCUT2D eigenvalue weighted by molar-refractivity contribution is -0.274. The number of anilines is 1. The first-order valence-electron chi connectivity index (χ1n) is 9.40. The lowest BCUT2D eigenvalue weighted by Gasteiger charge is -2.24. The molecule has 2 aromatic carbocycles. The highest BCUT2D eigenvalue weighted by atomic mass is 32.2. The predicted molar refractivity (Wildman–Crippen MR) is 116 cm³/mol. The minimum Gasteiger partial charge on any atom is -0.469 e. The van der Waals surface area contributed by atoms with E-state index in [2.05, 4.69) is 9.47 Å². The van der Waals surface area contributed by atoms with Gasteiger partial charge in [-0.3, -0.25) is 9.10 Å². The van der Waals surface area contributed by atoms with Crippen molar-refractivity contribution >= 4 is 42.4 Å². The van der Waals surface area contributed by atoms with E-state index < -0.39 is 33.9 Å². The Bertz CT molecular complexity index is 1200. The van der Waals surface area contributed by atoms with Crippen molar-refractivity contribution < 1.29 is 35.9 Å². The second-order valence-electron chi connectivity index (χ2n) is 6.87. The Balaban J connectivity index is 1.97. The van der Waals surface area contributed by atoms with E-state index in [0.29, 0.717) is 10.6 Å². The van der Waals surface area contributed by atoms with Crippen molar-refractivity contribution in [2.75, 3.05) is 17.2 Å². The van der Waals surface area contributed by atoms with Gasteiger partial charge in [-0.15, -0.1) is 24.5 Å². The third kappa shape index (κ3) is 5.71. The van der Waals surface area contributed by atoms with E-state index in [1.165, 1.54) is 34.9 Å². The summed E-state index contributed by atoms with van der Waals surface area (Å²) >= 11 is 1.29. The summed E-state index contributed by atoms with van der Waals surface area (Å²) in [4.78, 5) is 11.5. The molecule has 0 N–H and O–H groups in total. The molecule has 0 fully saturated rings. The minimum atomic E-state index is -4.82. The SMILES string of the molecule is COC(=O)CCS(=O)(=O)N(Cc1ccc(OC(F)(F)F)cc1)c1sc2ccccc2c1C. The number of hydrogen-bond donors (Lipinski definition) is 0. The van der Waals surface area contributed by atoms with Crippen LogP contribution in [0.3, 0.4) is 0 Å². The number of nitrogens with zero attached hydrogens (tertiary/aromatic N) is 1. The van der Waals surface area contributed by atoms with Crippen LogP contribution in [0.4, 0.5) is 18.2 Å². The minimum absolute atomic E-state index is 0.122. The lowest BCUT2D eigenvalue weighted by Crippen LogP contribution is -2.33. The highest BCUT2D eigenvalue weighted by Crippen LogP contribution is 2.39. The molecule has 3 rings (SSSR count). The molecule has 0 aliphatic rings. The molecule has 0 aliphatic heterocycles. The van der Waals surface area contributed by atoms with Gasteiger partial charge in [0.25, 0.3) is 0 Å². The largest absolute Gasteiger partial charge is 0.573 e. The summed E-state index contributed by atoms with van der Waals surface area (Å²) in [5.41, 5.74) is 1.21. The fourth-order valence-electron chi connectivity index (χ4n) is 3.08. The predicted octanol–water partition coefficient (Wildman–Crippen LogP) is 5.01. The maximum Gasteiger partial charge on any atom is 0.573 e. The topological polar surface area (TPSA) is 72.9 Å². The maximum atomic E-state index is 13.2. The fourth-order valence-corrected chi connectivity index (χ4v) is 6.03. The van der Waals surface area contributed by atoms with Gasteiger partial charge in [0.1, 0.15) is 10.8 Å². The number of methoxy groups -OCH3 is 1. The van der Waals surface area contributed by atoms with Crippen LogP contribution >= 0.6 is 11.3 Å². The second kappa shape index (κ2) is 9.37. The van der Waals surface area contributed by atoms with Crippen LogP contribution in [0.2, 0.25) is 0 Å². The van der Waals surface area contributed by atoms with Crippen LogP contribution in [0.5, 0.6) is 5.75 Å². The van der Waals surface area contributed by atoms with Gasteiger partial charge in [0.05, 0.1) is 25.8 Å². The number of aryl methyl sites for hydroxylation is 1. The van der Waals surface area contributed by atoms with Gasteiger partial charge in [-0.1, -0.05) is 30.3 Å². The molecule has 0 saturated carbocycles.